The third-order valence-electron chi connectivity index (χ3n) is 7.18. The van der Waals surface area contributed by atoms with E-state index in [0.29, 0.717) is 36.4 Å². The van der Waals surface area contributed by atoms with Crippen LogP contribution < -0.4 is 10.1 Å². The third-order valence-corrected chi connectivity index (χ3v) is 10.9. The minimum Gasteiger partial charge on any atom is -0.496 e. The van der Waals surface area contributed by atoms with E-state index >= 15 is 0 Å². The third kappa shape index (κ3) is 7.73. The van der Waals surface area contributed by atoms with Gasteiger partial charge in [-0.3, -0.25) is 4.79 Å². The fourth-order valence-electron chi connectivity index (χ4n) is 4.79. The molecule has 3 aromatic carbocycles. The molecule has 4 rings (SSSR count). The number of ether oxygens (including phenoxy) is 1. The monoisotopic (exact) mass is 599 g/mol. The second-order valence-corrected chi connectivity index (χ2v) is 14.0. The second-order valence-electron chi connectivity index (χ2n) is 10.1. The Labute approximate surface area is 243 Å². The SMILES string of the molecule is COc1ccc(S(=O)(=O)N(CCc2ccccc2)CC(=O)NCc2ccc(S(=O)(=O)N3CCCCC3)cc2)cc1C. The lowest BCUT2D eigenvalue weighted by Crippen LogP contribution is -2.41. The number of amides is 1. The van der Waals surface area contributed by atoms with Crippen LogP contribution in [-0.2, 0) is 37.8 Å². The van der Waals surface area contributed by atoms with E-state index < -0.39 is 26.0 Å². The highest BCUT2D eigenvalue weighted by atomic mass is 32.2. The Kier molecular flexibility index (Phi) is 10.2. The van der Waals surface area contributed by atoms with Gasteiger partial charge in [-0.2, -0.15) is 8.61 Å². The molecule has 1 aliphatic rings. The molecule has 1 fully saturated rings. The summed E-state index contributed by atoms with van der Waals surface area (Å²) in [5, 5.41) is 2.78. The van der Waals surface area contributed by atoms with E-state index in [0.717, 1.165) is 24.8 Å². The standard InChI is InChI=1S/C30H37N3O6S2/c1-24-21-28(15-16-29(24)39-2)41(37,38)33(20-17-25-9-5-3-6-10-25)23-30(34)31-22-26-11-13-27(14-12-26)40(35,36)32-18-7-4-8-19-32/h3,5-6,9-16,21H,4,7-8,17-20,22-23H2,1-2H3,(H,31,34). The van der Waals surface area contributed by atoms with Crippen molar-refractivity contribution in [2.75, 3.05) is 33.3 Å². The lowest BCUT2D eigenvalue weighted by Gasteiger charge is -2.25. The van der Waals surface area contributed by atoms with Gasteiger partial charge in [-0.05, 0) is 73.2 Å². The average Bonchev–Trinajstić information content (AvgIpc) is 2.99. The molecule has 0 atom stereocenters. The number of benzene rings is 3. The van der Waals surface area contributed by atoms with E-state index in [1.165, 1.54) is 21.8 Å². The second kappa shape index (κ2) is 13.6. The highest BCUT2D eigenvalue weighted by Crippen LogP contribution is 2.24. The quantitative estimate of drug-likeness (QED) is 0.340. The van der Waals surface area contributed by atoms with Crippen LogP contribution in [0.15, 0.2) is 82.6 Å². The molecule has 1 heterocycles. The van der Waals surface area contributed by atoms with Crippen molar-refractivity contribution in [3.8, 4) is 5.75 Å². The molecule has 9 nitrogen and oxygen atoms in total. The number of piperidine rings is 1. The summed E-state index contributed by atoms with van der Waals surface area (Å²) in [5.74, 6) is 0.115. The van der Waals surface area contributed by atoms with E-state index in [1.54, 1.807) is 43.3 Å². The lowest BCUT2D eigenvalue weighted by molar-refractivity contribution is -0.121. The van der Waals surface area contributed by atoms with E-state index in [1.807, 2.05) is 30.3 Å². The van der Waals surface area contributed by atoms with Crippen LogP contribution >= 0.6 is 0 Å². The number of carbonyl (C=O) groups is 1. The van der Waals surface area contributed by atoms with Crippen molar-refractivity contribution >= 4 is 26.0 Å². The molecule has 1 aliphatic heterocycles. The summed E-state index contributed by atoms with van der Waals surface area (Å²) in [6, 6.07) is 20.6. The van der Waals surface area contributed by atoms with Crippen LogP contribution in [-0.4, -0.2) is 64.6 Å². The van der Waals surface area contributed by atoms with Gasteiger partial charge in [-0.1, -0.05) is 48.9 Å². The van der Waals surface area contributed by atoms with Gasteiger partial charge < -0.3 is 10.1 Å². The number of methoxy groups -OCH3 is 1. The summed E-state index contributed by atoms with van der Waals surface area (Å²) in [5.41, 5.74) is 2.34. The lowest BCUT2D eigenvalue weighted by atomic mass is 10.1. The van der Waals surface area contributed by atoms with Crippen molar-refractivity contribution in [3.05, 3.63) is 89.5 Å². The first kappa shape index (κ1) is 30.7. The van der Waals surface area contributed by atoms with Crippen LogP contribution in [0.5, 0.6) is 5.75 Å². The molecule has 3 aromatic rings. The van der Waals surface area contributed by atoms with Crippen molar-refractivity contribution in [2.24, 2.45) is 0 Å². The molecular formula is C30H37N3O6S2. The average molecular weight is 600 g/mol. The zero-order chi connectivity index (χ0) is 29.5. The van der Waals surface area contributed by atoms with Gasteiger partial charge in [0.2, 0.25) is 26.0 Å². The predicted octanol–water partition coefficient (Wildman–Crippen LogP) is 3.73. The molecule has 220 valence electrons. The van der Waals surface area contributed by atoms with Crippen LogP contribution in [0.25, 0.3) is 0 Å². The molecule has 0 aliphatic carbocycles. The molecule has 0 radical (unpaired) electrons. The molecule has 0 unspecified atom stereocenters. The Morgan fingerprint density at radius 2 is 1.54 bits per heavy atom. The molecule has 0 bridgehead atoms. The predicted molar refractivity (Wildman–Crippen MR) is 158 cm³/mol. The van der Waals surface area contributed by atoms with Crippen LogP contribution in [0, 0.1) is 6.92 Å². The summed E-state index contributed by atoms with van der Waals surface area (Å²) in [6.45, 7) is 2.72. The highest BCUT2D eigenvalue weighted by molar-refractivity contribution is 7.89. The van der Waals surface area contributed by atoms with E-state index in [9.17, 15) is 21.6 Å². The zero-order valence-corrected chi connectivity index (χ0v) is 25.1. The first-order chi connectivity index (χ1) is 19.6. The minimum atomic E-state index is -3.98. The highest BCUT2D eigenvalue weighted by Gasteiger charge is 2.28. The largest absolute Gasteiger partial charge is 0.496 e. The fourth-order valence-corrected chi connectivity index (χ4v) is 7.79. The Balaban J connectivity index is 1.44. The molecule has 0 aromatic heterocycles. The summed E-state index contributed by atoms with van der Waals surface area (Å²) in [7, 11) is -6.00. The maximum absolute atomic E-state index is 13.6. The molecule has 1 saturated heterocycles. The van der Waals surface area contributed by atoms with Gasteiger partial charge in [0.25, 0.3) is 0 Å². The maximum atomic E-state index is 13.6. The molecule has 0 saturated carbocycles. The van der Waals surface area contributed by atoms with E-state index in [2.05, 4.69) is 5.32 Å². The number of nitrogens with one attached hydrogen (secondary N) is 1. The number of carbonyl (C=O) groups excluding carboxylic acids is 1. The maximum Gasteiger partial charge on any atom is 0.243 e. The molecule has 41 heavy (non-hydrogen) atoms. The fraction of sp³-hybridized carbons (Fsp3) is 0.367. The minimum absolute atomic E-state index is 0.0853. The van der Waals surface area contributed by atoms with Crippen LogP contribution in [0.1, 0.15) is 36.0 Å². The van der Waals surface area contributed by atoms with E-state index in [4.69, 9.17) is 4.74 Å². The van der Waals surface area contributed by atoms with Crippen molar-refractivity contribution in [1.29, 1.82) is 0 Å². The van der Waals surface area contributed by atoms with E-state index in [-0.39, 0.29) is 29.4 Å². The number of sulfonamides is 2. The Morgan fingerprint density at radius 1 is 0.878 bits per heavy atom. The van der Waals surface area contributed by atoms with Gasteiger partial charge in [0, 0.05) is 26.2 Å². The summed E-state index contributed by atoms with van der Waals surface area (Å²) >= 11 is 0. The van der Waals surface area contributed by atoms with Gasteiger partial charge in [0.05, 0.1) is 23.4 Å². The number of rotatable bonds is 12. The van der Waals surface area contributed by atoms with Crippen molar-refractivity contribution in [3.63, 3.8) is 0 Å². The Hall–Kier alpha value is -3.25. The smallest absolute Gasteiger partial charge is 0.243 e. The molecule has 1 amide bonds. The number of nitrogens with zero attached hydrogens (tertiary/aromatic N) is 2. The normalized spacial score (nSPS) is 14.6. The summed E-state index contributed by atoms with van der Waals surface area (Å²) in [6.07, 6.45) is 3.20. The van der Waals surface area contributed by atoms with Crippen LogP contribution in [0.4, 0.5) is 0 Å². The van der Waals surface area contributed by atoms with Crippen LogP contribution in [0.3, 0.4) is 0 Å². The molecule has 11 heteroatoms. The molecule has 0 spiro atoms. The first-order valence-corrected chi connectivity index (χ1v) is 16.5. The summed E-state index contributed by atoms with van der Waals surface area (Å²) < 4.78 is 61.0. The van der Waals surface area contributed by atoms with Gasteiger partial charge in [-0.25, -0.2) is 16.8 Å². The zero-order valence-electron chi connectivity index (χ0n) is 23.5. The summed E-state index contributed by atoms with van der Waals surface area (Å²) in [4.78, 5) is 13.3. The van der Waals surface area contributed by atoms with Gasteiger partial charge in [0.15, 0.2) is 0 Å². The van der Waals surface area contributed by atoms with Crippen molar-refractivity contribution in [1.82, 2.24) is 13.9 Å². The van der Waals surface area contributed by atoms with Gasteiger partial charge >= 0.3 is 0 Å². The topological polar surface area (TPSA) is 113 Å². The Morgan fingerprint density at radius 3 is 2.17 bits per heavy atom. The number of hydrogen-bond acceptors (Lipinski definition) is 6. The van der Waals surface area contributed by atoms with Crippen molar-refractivity contribution in [2.45, 2.75) is 48.9 Å². The van der Waals surface area contributed by atoms with Gasteiger partial charge in [0.1, 0.15) is 5.75 Å². The van der Waals surface area contributed by atoms with Gasteiger partial charge in [-0.15, -0.1) is 0 Å². The van der Waals surface area contributed by atoms with Crippen molar-refractivity contribution < 1.29 is 26.4 Å². The first-order valence-electron chi connectivity index (χ1n) is 13.7. The number of hydrogen-bond donors (Lipinski definition) is 1. The molecular weight excluding hydrogens is 562 g/mol. The number of aryl methyl sites for hydroxylation is 1. The Bertz CT molecular complexity index is 1540. The molecule has 1 N–H and O–H groups in total. The van der Waals surface area contributed by atoms with Crippen LogP contribution in [0.2, 0.25) is 0 Å².